The summed E-state index contributed by atoms with van der Waals surface area (Å²) in [5.74, 6) is -1.17. The molecule has 9 heteroatoms. The van der Waals surface area contributed by atoms with Gasteiger partial charge in [0.2, 0.25) is 0 Å². The van der Waals surface area contributed by atoms with Gasteiger partial charge in [-0.3, -0.25) is 9.59 Å². The fourth-order valence-electron chi connectivity index (χ4n) is 3.85. The number of amides is 1. The minimum absolute atomic E-state index is 0.0152. The molecule has 0 spiro atoms. The lowest BCUT2D eigenvalue weighted by Crippen LogP contribution is -2.13. The Labute approximate surface area is 193 Å². The third-order valence-electron chi connectivity index (χ3n) is 5.40. The maximum atomic E-state index is 13.1. The molecule has 0 aliphatic carbocycles. The second kappa shape index (κ2) is 9.70. The molecule has 0 saturated carbocycles. The van der Waals surface area contributed by atoms with E-state index < -0.39 is 23.6 Å². The van der Waals surface area contributed by atoms with Crippen molar-refractivity contribution in [3.05, 3.63) is 81.6 Å². The van der Waals surface area contributed by atoms with Crippen molar-refractivity contribution in [1.29, 1.82) is 0 Å². The van der Waals surface area contributed by atoms with E-state index >= 15 is 0 Å². The van der Waals surface area contributed by atoms with Gasteiger partial charge in [-0.05, 0) is 48.7 Å². The molecule has 33 heavy (non-hydrogen) atoms. The Bertz CT molecular complexity index is 1180. The molecule has 0 aliphatic heterocycles. The van der Waals surface area contributed by atoms with Crippen LogP contribution < -0.4 is 5.73 Å². The van der Waals surface area contributed by atoms with Gasteiger partial charge in [-0.15, -0.1) is 0 Å². The molecule has 0 unspecified atom stereocenters. The minimum Gasteiger partial charge on any atom is -0.469 e. The molecule has 0 aliphatic rings. The lowest BCUT2D eigenvalue weighted by atomic mass is 9.97. The van der Waals surface area contributed by atoms with E-state index in [9.17, 15) is 22.8 Å². The van der Waals surface area contributed by atoms with E-state index in [4.69, 9.17) is 22.1 Å². The van der Waals surface area contributed by atoms with Crippen LogP contribution in [0.15, 0.2) is 48.5 Å². The normalized spacial score (nSPS) is 11.5. The van der Waals surface area contributed by atoms with Crippen molar-refractivity contribution in [2.75, 3.05) is 7.11 Å². The molecule has 2 N–H and O–H groups in total. The molecule has 0 fully saturated rings. The van der Waals surface area contributed by atoms with E-state index in [-0.39, 0.29) is 18.4 Å². The standard InChI is InChI=1S/C24H22ClF3N2O3/c1-14-21(23(29)32)22(16-6-8-17(9-7-16)24(26,27)28)19(10-11-20(31)33-2)30(14)13-15-4-3-5-18(25)12-15/h3-9,12H,10-11,13H2,1-2H3,(H2,29,32). The van der Waals surface area contributed by atoms with Crippen LogP contribution in [0.25, 0.3) is 11.1 Å². The number of hydrogen-bond donors (Lipinski definition) is 1. The largest absolute Gasteiger partial charge is 0.469 e. The number of esters is 1. The zero-order valence-corrected chi connectivity index (χ0v) is 18.8. The van der Waals surface area contributed by atoms with E-state index in [2.05, 4.69) is 0 Å². The quantitative estimate of drug-likeness (QED) is 0.463. The number of halogens is 4. The van der Waals surface area contributed by atoms with E-state index in [1.165, 1.54) is 19.2 Å². The molecular weight excluding hydrogens is 457 g/mol. The fraction of sp³-hybridized carbons (Fsp3) is 0.250. The number of benzene rings is 2. The summed E-state index contributed by atoms with van der Waals surface area (Å²) < 4.78 is 45.8. The highest BCUT2D eigenvalue weighted by molar-refractivity contribution is 6.30. The predicted molar refractivity (Wildman–Crippen MR) is 119 cm³/mol. The Hall–Kier alpha value is -3.26. The van der Waals surface area contributed by atoms with E-state index in [1.807, 2.05) is 10.6 Å². The second-order valence-electron chi connectivity index (χ2n) is 7.51. The van der Waals surface area contributed by atoms with Crippen molar-refractivity contribution in [3.63, 3.8) is 0 Å². The summed E-state index contributed by atoms with van der Waals surface area (Å²) in [5, 5.41) is 0.534. The molecule has 0 saturated heterocycles. The van der Waals surface area contributed by atoms with E-state index in [0.717, 1.165) is 17.7 Å². The van der Waals surface area contributed by atoms with Gasteiger partial charge >= 0.3 is 12.1 Å². The van der Waals surface area contributed by atoms with Gasteiger partial charge in [-0.2, -0.15) is 13.2 Å². The topological polar surface area (TPSA) is 74.3 Å². The Balaban J connectivity index is 2.20. The van der Waals surface area contributed by atoms with Crippen molar-refractivity contribution in [2.45, 2.75) is 32.5 Å². The van der Waals surface area contributed by atoms with Crippen LogP contribution in [-0.2, 0) is 28.7 Å². The molecule has 0 atom stereocenters. The van der Waals surface area contributed by atoms with Gasteiger partial charge in [-0.1, -0.05) is 35.9 Å². The number of carbonyl (C=O) groups is 2. The van der Waals surface area contributed by atoms with Gasteiger partial charge in [0.15, 0.2) is 0 Å². The van der Waals surface area contributed by atoms with Crippen LogP contribution in [0.1, 0.15) is 39.3 Å². The molecule has 0 bridgehead atoms. The Morgan fingerprint density at radius 3 is 2.33 bits per heavy atom. The summed E-state index contributed by atoms with van der Waals surface area (Å²) in [5.41, 5.74) is 7.84. The average Bonchev–Trinajstić information content (AvgIpc) is 3.03. The number of carbonyl (C=O) groups excluding carboxylic acids is 2. The number of aromatic nitrogens is 1. The monoisotopic (exact) mass is 478 g/mol. The number of rotatable bonds is 7. The zero-order valence-electron chi connectivity index (χ0n) is 18.0. The first-order valence-electron chi connectivity index (χ1n) is 10.0. The molecule has 1 heterocycles. The maximum absolute atomic E-state index is 13.1. The predicted octanol–water partition coefficient (Wildman–Crippen LogP) is 5.39. The molecule has 1 aromatic heterocycles. The lowest BCUT2D eigenvalue weighted by molar-refractivity contribution is -0.140. The lowest BCUT2D eigenvalue weighted by Gasteiger charge is -2.14. The highest BCUT2D eigenvalue weighted by Gasteiger charge is 2.31. The first-order valence-corrected chi connectivity index (χ1v) is 10.4. The SMILES string of the molecule is COC(=O)CCc1c(-c2ccc(C(F)(F)F)cc2)c(C(N)=O)c(C)n1Cc1cccc(Cl)c1. The fourth-order valence-corrected chi connectivity index (χ4v) is 4.06. The van der Waals surface area contributed by atoms with Gasteiger partial charge in [-0.25, -0.2) is 0 Å². The van der Waals surface area contributed by atoms with Crippen LogP contribution in [0.4, 0.5) is 13.2 Å². The third kappa shape index (κ3) is 5.39. The molecule has 1 amide bonds. The van der Waals surface area contributed by atoms with Crippen LogP contribution in [-0.4, -0.2) is 23.6 Å². The number of alkyl halides is 3. The minimum atomic E-state index is -4.49. The van der Waals surface area contributed by atoms with Crippen LogP contribution in [0.5, 0.6) is 0 Å². The highest BCUT2D eigenvalue weighted by Crippen LogP contribution is 2.36. The highest BCUT2D eigenvalue weighted by atomic mass is 35.5. The summed E-state index contributed by atoms with van der Waals surface area (Å²) in [6.07, 6.45) is -4.29. The molecule has 3 rings (SSSR count). The van der Waals surface area contributed by atoms with Crippen molar-refractivity contribution >= 4 is 23.5 Å². The Morgan fingerprint density at radius 1 is 1.12 bits per heavy atom. The van der Waals surface area contributed by atoms with Gasteiger partial charge in [0.05, 0.1) is 24.7 Å². The second-order valence-corrected chi connectivity index (χ2v) is 7.95. The Morgan fingerprint density at radius 2 is 1.79 bits per heavy atom. The number of nitrogens with zero attached hydrogens (tertiary/aromatic N) is 1. The number of ether oxygens (including phenoxy) is 1. The number of nitrogens with two attached hydrogens (primary N) is 1. The number of hydrogen-bond acceptors (Lipinski definition) is 3. The van der Waals surface area contributed by atoms with Crippen molar-refractivity contribution < 1.29 is 27.5 Å². The summed E-state index contributed by atoms with van der Waals surface area (Å²) in [4.78, 5) is 24.3. The molecule has 3 aromatic rings. The summed E-state index contributed by atoms with van der Waals surface area (Å²) in [6.45, 7) is 2.03. The van der Waals surface area contributed by atoms with Crippen LogP contribution in [0.2, 0.25) is 5.02 Å². The maximum Gasteiger partial charge on any atom is 0.416 e. The number of primary amides is 1. The molecule has 5 nitrogen and oxygen atoms in total. The van der Waals surface area contributed by atoms with Gasteiger partial charge in [0.25, 0.3) is 5.91 Å². The van der Waals surface area contributed by atoms with Crippen molar-refractivity contribution in [1.82, 2.24) is 4.57 Å². The summed E-state index contributed by atoms with van der Waals surface area (Å²) >= 11 is 6.11. The van der Waals surface area contributed by atoms with E-state index in [1.54, 1.807) is 25.1 Å². The summed E-state index contributed by atoms with van der Waals surface area (Å²) in [6, 6.07) is 11.7. The first-order chi connectivity index (χ1) is 15.5. The van der Waals surface area contributed by atoms with Crippen molar-refractivity contribution in [3.8, 4) is 11.1 Å². The first kappa shape index (κ1) is 24.4. The van der Waals surface area contributed by atoms with Gasteiger partial charge in [0.1, 0.15) is 0 Å². The average molecular weight is 479 g/mol. The van der Waals surface area contributed by atoms with Crippen LogP contribution >= 0.6 is 11.6 Å². The van der Waals surface area contributed by atoms with Gasteiger partial charge < -0.3 is 15.0 Å². The number of methoxy groups -OCH3 is 1. The van der Waals surface area contributed by atoms with Crippen LogP contribution in [0, 0.1) is 6.92 Å². The third-order valence-corrected chi connectivity index (χ3v) is 5.64. The zero-order chi connectivity index (χ0) is 24.3. The smallest absolute Gasteiger partial charge is 0.416 e. The van der Waals surface area contributed by atoms with E-state index in [0.29, 0.717) is 34.1 Å². The van der Waals surface area contributed by atoms with Gasteiger partial charge in [0, 0.05) is 28.5 Å². The Kier molecular flexibility index (Phi) is 7.17. The van der Waals surface area contributed by atoms with Crippen molar-refractivity contribution in [2.24, 2.45) is 5.73 Å². The summed E-state index contributed by atoms with van der Waals surface area (Å²) in [7, 11) is 1.27. The molecule has 0 radical (unpaired) electrons. The molecular formula is C24H22ClF3N2O3. The van der Waals surface area contributed by atoms with Crippen LogP contribution in [0.3, 0.4) is 0 Å². The molecule has 174 valence electrons. The molecule has 2 aromatic carbocycles.